The molecule has 2 amide bonds. The number of para-hydroxylation sites is 1. The lowest BCUT2D eigenvalue weighted by molar-refractivity contribution is -0.114. The predicted molar refractivity (Wildman–Crippen MR) is 73.3 cm³/mol. The van der Waals surface area contributed by atoms with E-state index in [-0.39, 0.29) is 11.8 Å². The second-order valence-corrected chi connectivity index (χ2v) is 4.58. The molecule has 1 aromatic carbocycles. The quantitative estimate of drug-likeness (QED) is 0.898. The number of anilines is 2. The van der Waals surface area contributed by atoms with Crippen molar-refractivity contribution >= 4 is 34.2 Å². The number of aryl methyl sites for hydroxylation is 1. The highest BCUT2D eigenvalue weighted by molar-refractivity contribution is 7.09. The summed E-state index contributed by atoms with van der Waals surface area (Å²) in [4.78, 5) is 27.2. The number of benzene rings is 1. The Morgan fingerprint density at radius 2 is 1.95 bits per heavy atom. The van der Waals surface area contributed by atoms with Crippen molar-refractivity contribution < 1.29 is 9.59 Å². The number of carbonyl (C=O) groups is 2. The van der Waals surface area contributed by atoms with Gasteiger partial charge in [-0.15, -0.1) is 0 Å². The Kier molecular flexibility index (Phi) is 3.86. The fourth-order valence-corrected chi connectivity index (χ4v) is 2.06. The van der Waals surface area contributed by atoms with Gasteiger partial charge < -0.3 is 5.32 Å². The Labute approximate surface area is 114 Å². The molecule has 1 heterocycles. The largest absolute Gasteiger partial charge is 0.326 e. The molecule has 98 valence electrons. The van der Waals surface area contributed by atoms with Crippen molar-refractivity contribution in [1.29, 1.82) is 0 Å². The molecule has 2 N–H and O–H groups in total. The number of nitrogens with one attached hydrogen (secondary N) is 2. The van der Waals surface area contributed by atoms with Crippen LogP contribution in [-0.2, 0) is 4.79 Å². The first kappa shape index (κ1) is 13.2. The number of hydrogen-bond acceptors (Lipinski definition) is 5. The van der Waals surface area contributed by atoms with Crippen molar-refractivity contribution in [2.45, 2.75) is 13.8 Å². The van der Waals surface area contributed by atoms with Crippen LogP contribution in [0.25, 0.3) is 0 Å². The molecule has 0 aliphatic carbocycles. The second-order valence-electron chi connectivity index (χ2n) is 3.83. The Morgan fingerprint density at radius 3 is 2.58 bits per heavy atom. The van der Waals surface area contributed by atoms with E-state index in [1.807, 2.05) is 0 Å². The summed E-state index contributed by atoms with van der Waals surface area (Å²) in [6.07, 6.45) is 0. The molecule has 2 aromatic rings. The normalized spacial score (nSPS) is 10.0. The van der Waals surface area contributed by atoms with Crippen LogP contribution in [0.4, 0.5) is 10.8 Å². The minimum Gasteiger partial charge on any atom is -0.326 e. The van der Waals surface area contributed by atoms with Gasteiger partial charge in [0.05, 0.1) is 11.3 Å². The summed E-state index contributed by atoms with van der Waals surface area (Å²) in [5, 5.41) is 5.69. The fourth-order valence-electron chi connectivity index (χ4n) is 1.49. The van der Waals surface area contributed by atoms with E-state index in [0.29, 0.717) is 22.2 Å². The Morgan fingerprint density at radius 1 is 1.21 bits per heavy atom. The van der Waals surface area contributed by atoms with Gasteiger partial charge in [-0.05, 0) is 19.1 Å². The summed E-state index contributed by atoms with van der Waals surface area (Å²) in [7, 11) is 0. The van der Waals surface area contributed by atoms with Gasteiger partial charge in [0.25, 0.3) is 5.91 Å². The lowest BCUT2D eigenvalue weighted by Crippen LogP contribution is -2.16. The minimum atomic E-state index is -0.333. The van der Waals surface area contributed by atoms with Crippen LogP contribution < -0.4 is 10.6 Å². The number of nitrogens with zero attached hydrogens (tertiary/aromatic N) is 2. The van der Waals surface area contributed by atoms with Crippen molar-refractivity contribution in [2.75, 3.05) is 10.6 Å². The molecule has 0 aliphatic heterocycles. The molecule has 2 rings (SSSR count). The minimum absolute atomic E-state index is 0.230. The first-order valence-electron chi connectivity index (χ1n) is 5.54. The summed E-state index contributed by atoms with van der Waals surface area (Å²) in [5.74, 6) is 0.0444. The van der Waals surface area contributed by atoms with Crippen LogP contribution in [0.15, 0.2) is 24.3 Å². The Balaban J connectivity index is 2.21. The zero-order chi connectivity index (χ0) is 13.8. The maximum absolute atomic E-state index is 12.1. The third kappa shape index (κ3) is 3.35. The monoisotopic (exact) mass is 276 g/mol. The molecule has 0 saturated heterocycles. The van der Waals surface area contributed by atoms with Crippen LogP contribution >= 0.6 is 11.5 Å². The van der Waals surface area contributed by atoms with Crippen LogP contribution in [0.1, 0.15) is 23.1 Å². The average molecular weight is 276 g/mol. The summed E-state index contributed by atoms with van der Waals surface area (Å²) in [5.41, 5.74) is 0.847. The second kappa shape index (κ2) is 5.57. The molecule has 0 radical (unpaired) electrons. The van der Waals surface area contributed by atoms with Gasteiger partial charge in [0.15, 0.2) is 0 Å². The standard InChI is InChI=1S/C12H12N4O2S/c1-7-13-12(19-16-7)15-11(18)9-5-3-4-6-10(9)14-8(2)17/h3-6H,1-2H3,(H,14,17)(H,13,15,16,18). The third-order valence-corrected chi connectivity index (χ3v) is 2.95. The fraction of sp³-hybridized carbons (Fsp3) is 0.167. The predicted octanol–water partition coefficient (Wildman–Crippen LogP) is 2.06. The van der Waals surface area contributed by atoms with E-state index < -0.39 is 0 Å². The summed E-state index contributed by atoms with van der Waals surface area (Å²) in [6, 6.07) is 6.78. The van der Waals surface area contributed by atoms with Gasteiger partial charge in [-0.2, -0.15) is 4.37 Å². The van der Waals surface area contributed by atoms with E-state index in [0.717, 1.165) is 11.5 Å². The molecule has 1 aromatic heterocycles. The van der Waals surface area contributed by atoms with Crippen LogP contribution in [0.2, 0.25) is 0 Å². The maximum Gasteiger partial charge on any atom is 0.259 e. The van der Waals surface area contributed by atoms with Gasteiger partial charge >= 0.3 is 0 Å². The molecule has 6 nitrogen and oxygen atoms in total. The summed E-state index contributed by atoms with van der Waals surface area (Å²) in [6.45, 7) is 3.14. The van der Waals surface area contributed by atoms with Crippen LogP contribution in [0.5, 0.6) is 0 Å². The van der Waals surface area contributed by atoms with Crippen LogP contribution in [0.3, 0.4) is 0 Å². The first-order chi connectivity index (χ1) is 9.06. The lowest BCUT2D eigenvalue weighted by Gasteiger charge is -2.08. The molecule has 0 atom stereocenters. The summed E-state index contributed by atoms with van der Waals surface area (Å²) < 4.78 is 3.98. The molecule has 7 heteroatoms. The van der Waals surface area contributed by atoms with Gasteiger partial charge in [-0.3, -0.25) is 14.9 Å². The molecule has 19 heavy (non-hydrogen) atoms. The highest BCUT2D eigenvalue weighted by Crippen LogP contribution is 2.18. The van der Waals surface area contributed by atoms with E-state index in [2.05, 4.69) is 20.0 Å². The lowest BCUT2D eigenvalue weighted by atomic mass is 10.1. The molecule has 0 bridgehead atoms. The third-order valence-electron chi connectivity index (χ3n) is 2.23. The number of amides is 2. The Hall–Kier alpha value is -2.28. The van der Waals surface area contributed by atoms with Gasteiger partial charge in [0, 0.05) is 18.5 Å². The van der Waals surface area contributed by atoms with E-state index in [9.17, 15) is 9.59 Å². The van der Waals surface area contributed by atoms with Crippen molar-refractivity contribution in [2.24, 2.45) is 0 Å². The zero-order valence-electron chi connectivity index (χ0n) is 10.4. The van der Waals surface area contributed by atoms with Crippen LogP contribution in [-0.4, -0.2) is 21.2 Å². The van der Waals surface area contributed by atoms with E-state index in [4.69, 9.17) is 0 Å². The van der Waals surface area contributed by atoms with Crippen molar-refractivity contribution in [3.8, 4) is 0 Å². The molecular formula is C12H12N4O2S. The average Bonchev–Trinajstić information content (AvgIpc) is 2.74. The number of hydrogen-bond donors (Lipinski definition) is 2. The molecule has 0 aliphatic rings. The molecular weight excluding hydrogens is 264 g/mol. The molecule has 0 unspecified atom stereocenters. The summed E-state index contributed by atoms with van der Waals surface area (Å²) >= 11 is 1.11. The van der Waals surface area contributed by atoms with Crippen molar-refractivity contribution in [3.05, 3.63) is 35.7 Å². The smallest absolute Gasteiger partial charge is 0.259 e. The SMILES string of the molecule is CC(=O)Nc1ccccc1C(=O)Nc1nc(C)ns1. The first-order valence-corrected chi connectivity index (χ1v) is 6.32. The van der Waals surface area contributed by atoms with E-state index >= 15 is 0 Å². The topological polar surface area (TPSA) is 84.0 Å². The number of aromatic nitrogens is 2. The van der Waals surface area contributed by atoms with E-state index in [1.54, 1.807) is 31.2 Å². The van der Waals surface area contributed by atoms with E-state index in [1.165, 1.54) is 6.92 Å². The van der Waals surface area contributed by atoms with Gasteiger partial charge in [-0.1, -0.05) is 12.1 Å². The van der Waals surface area contributed by atoms with Gasteiger partial charge in [0.1, 0.15) is 5.82 Å². The Bertz CT molecular complexity index is 624. The number of carbonyl (C=O) groups excluding carboxylic acids is 2. The van der Waals surface area contributed by atoms with Gasteiger partial charge in [0.2, 0.25) is 11.0 Å². The maximum atomic E-state index is 12.1. The van der Waals surface area contributed by atoms with Crippen molar-refractivity contribution in [3.63, 3.8) is 0 Å². The zero-order valence-corrected chi connectivity index (χ0v) is 11.2. The van der Waals surface area contributed by atoms with Crippen LogP contribution in [0, 0.1) is 6.92 Å². The highest BCUT2D eigenvalue weighted by atomic mass is 32.1. The number of rotatable bonds is 3. The van der Waals surface area contributed by atoms with Crippen molar-refractivity contribution in [1.82, 2.24) is 9.36 Å². The highest BCUT2D eigenvalue weighted by Gasteiger charge is 2.13. The van der Waals surface area contributed by atoms with Gasteiger partial charge in [-0.25, -0.2) is 4.98 Å². The molecule has 0 spiro atoms. The molecule has 0 saturated carbocycles. The molecule has 0 fully saturated rings.